The molecule has 8 nitrogen and oxygen atoms in total. The number of ether oxygens (including phenoxy) is 2. The number of hydrogen-bond donors (Lipinski definition) is 1. The summed E-state index contributed by atoms with van der Waals surface area (Å²) in [5.41, 5.74) is 0.613. The third kappa shape index (κ3) is 6.12. The lowest BCUT2D eigenvalue weighted by Crippen LogP contribution is -2.57. The molecule has 30 heavy (non-hydrogen) atoms. The second kappa shape index (κ2) is 9.57. The minimum Gasteiger partial charge on any atom is -0.477 e. The first-order valence-corrected chi connectivity index (χ1v) is 10.5. The quantitative estimate of drug-likeness (QED) is 0.592. The first kappa shape index (κ1) is 22.9. The van der Waals surface area contributed by atoms with Crippen LogP contribution in [0.4, 0.5) is 4.79 Å². The van der Waals surface area contributed by atoms with Crippen LogP contribution in [0.25, 0.3) is 0 Å². The van der Waals surface area contributed by atoms with Gasteiger partial charge in [-0.25, -0.2) is 9.78 Å². The molecule has 0 bridgehead atoms. The molecule has 3 heterocycles. The minimum atomic E-state index is -0.473. The highest BCUT2D eigenvalue weighted by atomic mass is 127. The smallest absolute Gasteiger partial charge is 0.410 e. The first-order chi connectivity index (χ1) is 13.9. The molecule has 1 unspecified atom stereocenters. The number of hydrogen-bond acceptors (Lipinski definition) is 7. The normalized spacial score (nSPS) is 20.8. The van der Waals surface area contributed by atoms with Crippen LogP contribution in [0.3, 0.4) is 0 Å². The van der Waals surface area contributed by atoms with Crippen LogP contribution >= 0.6 is 24.0 Å². The Morgan fingerprint density at radius 3 is 2.73 bits per heavy atom. The minimum absolute atomic E-state index is 0. The molecule has 166 valence electrons. The third-order valence-corrected chi connectivity index (χ3v) is 5.27. The molecule has 0 radical (unpaired) electrons. The number of carbonyl (C=O) groups excluding carboxylic acids is 1. The largest absolute Gasteiger partial charge is 0.477 e. The summed E-state index contributed by atoms with van der Waals surface area (Å²) in [4.78, 5) is 25.4. The first-order valence-electron chi connectivity index (χ1n) is 10.5. The van der Waals surface area contributed by atoms with Gasteiger partial charge in [-0.1, -0.05) is 6.07 Å². The van der Waals surface area contributed by atoms with Crippen molar-refractivity contribution < 1.29 is 14.3 Å². The van der Waals surface area contributed by atoms with Crippen LogP contribution in [0.2, 0.25) is 0 Å². The predicted molar refractivity (Wildman–Crippen MR) is 125 cm³/mol. The lowest BCUT2D eigenvalue weighted by atomic mass is 10.2. The number of rotatable bonds is 5. The van der Waals surface area contributed by atoms with Crippen LogP contribution in [-0.2, 0) is 11.3 Å². The van der Waals surface area contributed by atoms with Crippen LogP contribution in [-0.4, -0.2) is 71.3 Å². The van der Waals surface area contributed by atoms with Crippen molar-refractivity contribution in [2.75, 3.05) is 32.8 Å². The van der Waals surface area contributed by atoms with Gasteiger partial charge >= 0.3 is 6.09 Å². The number of guanidine groups is 1. The Hall–Kier alpha value is -1.78. The fourth-order valence-electron chi connectivity index (χ4n) is 3.49. The van der Waals surface area contributed by atoms with E-state index in [1.807, 2.05) is 39.1 Å². The van der Waals surface area contributed by atoms with Crippen molar-refractivity contribution >= 4 is 36.0 Å². The van der Waals surface area contributed by atoms with Crippen molar-refractivity contribution in [3.05, 3.63) is 23.9 Å². The Bertz CT molecular complexity index is 761. The summed E-state index contributed by atoms with van der Waals surface area (Å²) < 4.78 is 11.2. The van der Waals surface area contributed by atoms with Crippen LogP contribution in [0.1, 0.15) is 39.2 Å². The summed E-state index contributed by atoms with van der Waals surface area (Å²) >= 11 is 0. The molecule has 1 aromatic heterocycles. The van der Waals surface area contributed by atoms with Crippen LogP contribution in [0.5, 0.6) is 5.88 Å². The second-order valence-electron chi connectivity index (χ2n) is 9.05. The lowest BCUT2D eigenvalue weighted by molar-refractivity contribution is 0.0137. The summed E-state index contributed by atoms with van der Waals surface area (Å²) in [5, 5.41) is 3.42. The number of piperazine rings is 1. The van der Waals surface area contributed by atoms with Crippen LogP contribution in [0, 0.1) is 5.92 Å². The molecule has 1 saturated heterocycles. The fourth-order valence-corrected chi connectivity index (χ4v) is 3.49. The summed E-state index contributed by atoms with van der Waals surface area (Å²) in [6.07, 6.45) is 4.16. The molecule has 1 atom stereocenters. The number of aliphatic imine (C=N–C) groups is 1. The Morgan fingerprint density at radius 2 is 2.07 bits per heavy atom. The van der Waals surface area contributed by atoms with E-state index in [-0.39, 0.29) is 36.1 Å². The van der Waals surface area contributed by atoms with Crippen molar-refractivity contribution in [3.8, 4) is 5.88 Å². The number of halogens is 1. The van der Waals surface area contributed by atoms with Crippen molar-refractivity contribution in [2.24, 2.45) is 10.9 Å². The van der Waals surface area contributed by atoms with Gasteiger partial charge in [0.25, 0.3) is 0 Å². The van der Waals surface area contributed by atoms with Crippen LogP contribution in [0.15, 0.2) is 23.3 Å². The maximum absolute atomic E-state index is 12.3. The molecular weight excluding hydrogens is 497 g/mol. The van der Waals surface area contributed by atoms with Gasteiger partial charge in [-0.15, -0.1) is 24.0 Å². The molecule has 0 aromatic carbocycles. The van der Waals surface area contributed by atoms with Crippen molar-refractivity contribution in [2.45, 2.75) is 51.8 Å². The van der Waals surface area contributed by atoms with Gasteiger partial charge in [0.05, 0.1) is 19.2 Å². The number of aromatic nitrogens is 1. The summed E-state index contributed by atoms with van der Waals surface area (Å²) in [5.74, 6) is 2.31. The topological polar surface area (TPSA) is 79.3 Å². The SMILES string of the molecule is CC(C)(C)OC(=O)N1CCN2C(NCc3ccc(OCC4CC4)nc3)=NCC2C1.I. The maximum Gasteiger partial charge on any atom is 0.410 e. The Labute approximate surface area is 195 Å². The van der Waals surface area contributed by atoms with Gasteiger partial charge in [0.1, 0.15) is 5.60 Å². The van der Waals surface area contributed by atoms with Gasteiger partial charge in [0.2, 0.25) is 5.88 Å². The molecule has 9 heteroatoms. The zero-order valence-electron chi connectivity index (χ0n) is 18.0. The van der Waals surface area contributed by atoms with Gasteiger partial charge in [0, 0.05) is 38.4 Å². The zero-order chi connectivity index (χ0) is 20.4. The van der Waals surface area contributed by atoms with Crippen molar-refractivity contribution in [1.82, 2.24) is 20.1 Å². The van der Waals surface area contributed by atoms with Gasteiger partial charge < -0.3 is 24.6 Å². The van der Waals surface area contributed by atoms with Crippen LogP contribution < -0.4 is 10.1 Å². The standard InChI is InChI=1S/C21H31N5O3.HI/c1-21(2,3)29-20(27)25-8-9-26-17(13-25)12-24-19(26)23-11-16-6-7-18(22-10-16)28-14-15-4-5-15;/h6-7,10,15,17H,4-5,8-9,11-14H2,1-3H3,(H,23,24);1H. The average Bonchev–Trinajstić information content (AvgIpc) is 3.42. The van der Waals surface area contributed by atoms with E-state index in [1.54, 1.807) is 4.90 Å². The summed E-state index contributed by atoms with van der Waals surface area (Å²) in [6.45, 7) is 9.83. The number of pyridine rings is 1. The Morgan fingerprint density at radius 1 is 1.27 bits per heavy atom. The van der Waals surface area contributed by atoms with E-state index in [9.17, 15) is 4.79 Å². The number of carbonyl (C=O) groups is 1. The molecule has 2 fully saturated rings. The molecule has 1 saturated carbocycles. The molecule has 4 rings (SSSR count). The molecule has 1 N–H and O–H groups in total. The van der Waals surface area contributed by atoms with Gasteiger partial charge in [-0.05, 0) is 45.1 Å². The lowest BCUT2D eigenvalue weighted by Gasteiger charge is -2.39. The van der Waals surface area contributed by atoms with E-state index in [0.29, 0.717) is 32.1 Å². The Kier molecular flexibility index (Phi) is 7.30. The number of fused-ring (bicyclic) bond motifs is 1. The molecule has 2 aliphatic heterocycles. The third-order valence-electron chi connectivity index (χ3n) is 5.27. The number of amides is 1. The molecular formula is C21H32IN5O3. The van der Waals surface area contributed by atoms with Gasteiger partial charge in [0.15, 0.2) is 5.96 Å². The van der Waals surface area contributed by atoms with Crippen molar-refractivity contribution in [3.63, 3.8) is 0 Å². The molecule has 1 aromatic rings. The number of nitrogens with one attached hydrogen (secondary N) is 1. The second-order valence-corrected chi connectivity index (χ2v) is 9.05. The van der Waals surface area contributed by atoms with Gasteiger partial charge in [-0.2, -0.15) is 0 Å². The fraction of sp³-hybridized carbons (Fsp3) is 0.667. The van der Waals surface area contributed by atoms with E-state index < -0.39 is 5.60 Å². The predicted octanol–water partition coefficient (Wildman–Crippen LogP) is 2.87. The average molecular weight is 529 g/mol. The van der Waals surface area contributed by atoms with E-state index in [4.69, 9.17) is 9.47 Å². The highest BCUT2D eigenvalue weighted by Gasteiger charge is 2.36. The van der Waals surface area contributed by atoms with E-state index >= 15 is 0 Å². The summed E-state index contributed by atoms with van der Waals surface area (Å²) in [7, 11) is 0. The summed E-state index contributed by atoms with van der Waals surface area (Å²) in [6, 6.07) is 4.17. The highest BCUT2D eigenvalue weighted by molar-refractivity contribution is 14.0. The van der Waals surface area contributed by atoms with Crippen molar-refractivity contribution in [1.29, 1.82) is 0 Å². The number of nitrogens with zero attached hydrogens (tertiary/aromatic N) is 4. The molecule has 1 aliphatic carbocycles. The van der Waals surface area contributed by atoms with E-state index in [1.165, 1.54) is 12.8 Å². The maximum atomic E-state index is 12.3. The van der Waals surface area contributed by atoms with Gasteiger partial charge in [-0.3, -0.25) is 4.99 Å². The Balaban J connectivity index is 0.00000256. The molecule has 0 spiro atoms. The zero-order valence-corrected chi connectivity index (χ0v) is 20.3. The molecule has 3 aliphatic rings. The van der Waals surface area contributed by atoms with E-state index in [0.717, 1.165) is 30.6 Å². The van der Waals surface area contributed by atoms with E-state index in [2.05, 4.69) is 20.2 Å². The highest BCUT2D eigenvalue weighted by Crippen LogP contribution is 2.29. The molecule has 1 amide bonds. The monoisotopic (exact) mass is 529 g/mol.